The zero-order valence-corrected chi connectivity index (χ0v) is 54.4. The molecule has 0 aromatic carbocycles. The Morgan fingerprint density at radius 1 is 0.500 bits per heavy atom. The van der Waals surface area contributed by atoms with Gasteiger partial charge in [-0.15, -0.1) is 0 Å². The lowest BCUT2D eigenvalue weighted by atomic mass is 9.97. The van der Waals surface area contributed by atoms with Gasteiger partial charge >= 0.3 is 17.9 Å². The number of carboxylic acid groups (broad SMARTS) is 3. The Labute approximate surface area is 536 Å². The molecule has 3 heterocycles. The van der Waals surface area contributed by atoms with Crippen molar-refractivity contribution in [3.63, 3.8) is 0 Å². The predicted molar refractivity (Wildman–Crippen MR) is 330 cm³/mol. The van der Waals surface area contributed by atoms with E-state index in [4.69, 9.17) is 11.5 Å². The number of hydrogen-bond donors (Lipinski definition) is 15. The minimum absolute atomic E-state index is 0.0333. The Balaban J connectivity index is 1.79. The number of likely N-dealkylation sites (tertiary alicyclic amines) is 2. The summed E-state index contributed by atoms with van der Waals surface area (Å²) in [5.41, 5.74) is 11.0. The molecule has 32 nitrogen and oxygen atoms in total. The van der Waals surface area contributed by atoms with Gasteiger partial charge in [0, 0.05) is 25.9 Å². The summed E-state index contributed by atoms with van der Waals surface area (Å²) in [6, 6.07) is -15.3. The molecule has 0 aliphatic carbocycles. The molecular formula is C60H100N14O18. The fourth-order valence-corrected chi connectivity index (χ4v) is 11.1. The highest BCUT2D eigenvalue weighted by Gasteiger charge is 2.44. The van der Waals surface area contributed by atoms with Crippen LogP contribution in [0.5, 0.6) is 0 Å². The highest BCUT2D eigenvalue weighted by Crippen LogP contribution is 2.25. The maximum atomic E-state index is 14.6. The molecule has 17 N–H and O–H groups in total. The lowest BCUT2D eigenvalue weighted by Gasteiger charge is -2.33. The van der Waals surface area contributed by atoms with E-state index in [1.165, 1.54) is 16.7 Å². The van der Waals surface area contributed by atoms with Crippen molar-refractivity contribution < 1.29 is 87.2 Å². The number of nitrogens with zero attached hydrogens (tertiary/aromatic N) is 2. The normalized spacial score (nSPS) is 19.6. The van der Waals surface area contributed by atoms with Crippen molar-refractivity contribution in [3.05, 3.63) is 0 Å². The number of rotatable bonds is 39. The topological polar surface area (TPSA) is 496 Å². The maximum absolute atomic E-state index is 14.6. The molecule has 3 aliphatic heterocycles. The molecule has 13 atom stereocenters. The molecule has 0 aromatic rings. The second-order valence-corrected chi connectivity index (χ2v) is 25.2. The predicted octanol–water partition coefficient (Wildman–Crippen LogP) is -2.67. The summed E-state index contributed by atoms with van der Waals surface area (Å²) in [6.07, 6.45) is 0.688. The van der Waals surface area contributed by atoms with E-state index < -0.39 is 193 Å². The minimum Gasteiger partial charge on any atom is -0.481 e. The van der Waals surface area contributed by atoms with Crippen molar-refractivity contribution in [2.75, 3.05) is 26.2 Å². The van der Waals surface area contributed by atoms with E-state index in [1.807, 2.05) is 12.2 Å². The lowest BCUT2D eigenvalue weighted by molar-refractivity contribution is -0.147. The van der Waals surface area contributed by atoms with Crippen LogP contribution in [0.1, 0.15) is 165 Å². The van der Waals surface area contributed by atoms with Gasteiger partial charge in [0.1, 0.15) is 66.5 Å². The lowest BCUT2D eigenvalue weighted by Crippen LogP contribution is -2.61. The smallest absolute Gasteiger partial charge is 0.326 e. The zero-order valence-electron chi connectivity index (χ0n) is 54.4. The summed E-state index contributed by atoms with van der Waals surface area (Å²) >= 11 is 0. The molecule has 3 rings (SSSR count). The van der Waals surface area contributed by atoms with Gasteiger partial charge < -0.3 is 89.8 Å². The van der Waals surface area contributed by atoms with Crippen LogP contribution in [-0.2, 0) is 71.9 Å². The number of nitrogens with one attached hydrogen (secondary N) is 10. The Bertz CT molecular complexity index is 2640. The highest BCUT2D eigenvalue weighted by atomic mass is 16.4. The van der Waals surface area contributed by atoms with Gasteiger partial charge in [-0.2, -0.15) is 0 Å². The van der Waals surface area contributed by atoms with Crippen LogP contribution in [0.2, 0.25) is 0 Å². The van der Waals surface area contributed by atoms with Crippen molar-refractivity contribution in [1.29, 1.82) is 0 Å². The Hall–Kier alpha value is -8.03. The molecular weight excluding hydrogens is 1200 g/mol. The third kappa shape index (κ3) is 24.5. The number of hydrogen-bond acceptors (Lipinski definition) is 17. The monoisotopic (exact) mass is 1300 g/mol. The molecule has 3 aliphatic rings. The van der Waals surface area contributed by atoms with Gasteiger partial charge in [-0.3, -0.25) is 67.1 Å². The number of nitrogens with two attached hydrogens (primary N) is 2. The standard InChI is InChI=1S/C60H100N14O18/c1-10-33(8)48(72-50(81)35-17-13-25-63-35)57(88)64-34(9)49(80)67-38(21-23-44(76)77)58(89)73-26-14-19-42(73)55(86)71-47(32(6)7)59(90)74-27-15-18-41(74)54(85)68-39(28-30(2)3)53(84)70-46(31(4)5)56(87)66-36(16-11-12-24-61)51(82)65-37(20-22-43(62)75)52(83)69-40(60(91)92)29-45(78)79/h30-42,46-48,63H,10-29,61H2,1-9H3,(H2,62,75)(H,64,88)(H,65,82)(H,66,87)(H,67,80)(H,68,85)(H,69,83)(H,70,84)(H,71,86)(H,72,81)(H,76,77)(H,78,79)(H,91,92)/t33-,34-,35-,36-,37-,38-,39-,40-,41-,42-,46-,47-,48-/m0/s1. The number of amides is 12. The van der Waals surface area contributed by atoms with Gasteiger partial charge in [0.15, 0.2) is 0 Å². The Morgan fingerprint density at radius 3 is 1.52 bits per heavy atom. The largest absolute Gasteiger partial charge is 0.481 e. The first-order valence-electron chi connectivity index (χ1n) is 31.9. The van der Waals surface area contributed by atoms with Crippen molar-refractivity contribution in [3.8, 4) is 0 Å². The van der Waals surface area contributed by atoms with E-state index in [9.17, 15) is 87.2 Å². The zero-order chi connectivity index (χ0) is 69.3. The molecule has 32 heteroatoms. The summed E-state index contributed by atoms with van der Waals surface area (Å²) in [5.74, 6) is -15.6. The van der Waals surface area contributed by atoms with Crippen molar-refractivity contribution in [1.82, 2.24) is 63.0 Å². The van der Waals surface area contributed by atoms with Gasteiger partial charge in [-0.25, -0.2) is 4.79 Å². The van der Waals surface area contributed by atoms with Crippen LogP contribution in [0.25, 0.3) is 0 Å². The third-order valence-electron chi connectivity index (χ3n) is 16.6. The quantitative estimate of drug-likeness (QED) is 0.0279. The second kappa shape index (κ2) is 38.1. The summed E-state index contributed by atoms with van der Waals surface area (Å²) in [6.45, 7) is 16.1. The highest BCUT2D eigenvalue weighted by molar-refractivity contribution is 6.00. The molecule has 0 saturated carbocycles. The van der Waals surface area contributed by atoms with Crippen LogP contribution in [0.4, 0.5) is 0 Å². The average molecular weight is 1310 g/mol. The fourth-order valence-electron chi connectivity index (χ4n) is 11.1. The summed E-state index contributed by atoms with van der Waals surface area (Å²) < 4.78 is 0. The van der Waals surface area contributed by atoms with Gasteiger partial charge in [0.05, 0.1) is 12.5 Å². The number of unbranched alkanes of at least 4 members (excludes halogenated alkanes) is 1. The van der Waals surface area contributed by atoms with E-state index >= 15 is 0 Å². The van der Waals surface area contributed by atoms with E-state index in [2.05, 4.69) is 47.9 Å². The van der Waals surface area contributed by atoms with Crippen molar-refractivity contribution >= 4 is 88.8 Å². The molecule has 0 aromatic heterocycles. The number of primary amides is 1. The minimum atomic E-state index is -1.91. The number of aliphatic carboxylic acids is 3. The second-order valence-electron chi connectivity index (χ2n) is 25.2. The van der Waals surface area contributed by atoms with Gasteiger partial charge in [0.2, 0.25) is 70.9 Å². The molecule has 0 radical (unpaired) electrons. The summed E-state index contributed by atoms with van der Waals surface area (Å²) in [7, 11) is 0. The summed E-state index contributed by atoms with van der Waals surface area (Å²) in [5, 5.41) is 54.7. The maximum Gasteiger partial charge on any atom is 0.326 e. The third-order valence-corrected chi connectivity index (χ3v) is 16.6. The number of carbonyl (C=O) groups is 15. The Kier molecular flexibility index (Phi) is 32.4. The molecule has 0 bridgehead atoms. The van der Waals surface area contributed by atoms with E-state index in [-0.39, 0.29) is 75.9 Å². The van der Waals surface area contributed by atoms with Gasteiger partial charge in [-0.1, -0.05) is 61.8 Å². The van der Waals surface area contributed by atoms with Crippen LogP contribution in [0, 0.1) is 23.7 Å². The summed E-state index contributed by atoms with van der Waals surface area (Å²) in [4.78, 5) is 203. The first-order valence-corrected chi connectivity index (χ1v) is 31.9. The molecule has 92 heavy (non-hydrogen) atoms. The molecule has 0 unspecified atom stereocenters. The molecule has 518 valence electrons. The van der Waals surface area contributed by atoms with Crippen LogP contribution >= 0.6 is 0 Å². The SMILES string of the molecule is CC[C@H](C)[C@H](NC(=O)[C@@H]1CCCN1)C(=O)N[C@@H](C)C(=O)N[C@@H](CCC(=O)O)C(=O)N1CCC[C@H]1C(=O)N[C@H](C(=O)N1CCC[C@H]1C(=O)N[C@@H](CC(C)C)C(=O)N[C@H](C(=O)N[C@@H](CCCCN)C(=O)N[C@@H](CCC(N)=O)C(=O)N[C@@H](CC(=O)O)C(=O)O)C(C)C)C(C)C. The molecule has 12 amide bonds. The Morgan fingerprint density at radius 2 is 1.01 bits per heavy atom. The van der Waals surface area contributed by atoms with Gasteiger partial charge in [-0.05, 0) is 121 Å². The van der Waals surface area contributed by atoms with Crippen LogP contribution < -0.4 is 64.6 Å². The van der Waals surface area contributed by atoms with Crippen molar-refractivity contribution in [2.45, 2.75) is 238 Å². The van der Waals surface area contributed by atoms with Crippen LogP contribution in [-0.4, -0.2) is 213 Å². The van der Waals surface area contributed by atoms with Crippen molar-refractivity contribution in [2.24, 2.45) is 35.1 Å². The van der Waals surface area contributed by atoms with E-state index in [1.54, 1.807) is 48.5 Å². The average Bonchev–Trinajstić information content (AvgIpc) is 1.64. The van der Waals surface area contributed by atoms with Gasteiger partial charge in [0.25, 0.3) is 0 Å². The first kappa shape index (κ1) is 78.2. The fraction of sp³-hybridized carbons (Fsp3) is 0.750. The number of carbonyl (C=O) groups excluding carboxylic acids is 12. The molecule has 3 fully saturated rings. The van der Waals surface area contributed by atoms with Crippen LogP contribution in [0.15, 0.2) is 0 Å². The van der Waals surface area contributed by atoms with E-state index in [0.29, 0.717) is 38.6 Å². The molecule has 3 saturated heterocycles. The first-order chi connectivity index (χ1) is 43.2. The molecule has 0 spiro atoms. The number of carboxylic acids is 3. The van der Waals surface area contributed by atoms with E-state index in [0.717, 1.165) is 6.42 Å². The van der Waals surface area contributed by atoms with Crippen LogP contribution in [0.3, 0.4) is 0 Å².